The van der Waals surface area contributed by atoms with Gasteiger partial charge in [-0.05, 0) is 40.3 Å². The Balaban J connectivity index is 1.89. The summed E-state index contributed by atoms with van der Waals surface area (Å²) in [5.41, 5.74) is 0.908. The molecule has 2 aromatic carbocycles. The quantitative estimate of drug-likeness (QED) is 0.675. The van der Waals surface area contributed by atoms with Crippen molar-refractivity contribution in [3.8, 4) is 5.75 Å². The maximum Gasteiger partial charge on any atom is 0.419 e. The first-order chi connectivity index (χ1) is 11.1. The van der Waals surface area contributed by atoms with Crippen LogP contribution in [0.4, 0.5) is 4.79 Å². The molecule has 0 aliphatic carbocycles. The van der Waals surface area contributed by atoms with Gasteiger partial charge in [0.2, 0.25) is 0 Å². The maximum atomic E-state index is 12.5. The van der Waals surface area contributed by atoms with Crippen LogP contribution in [0.1, 0.15) is 18.0 Å². The molecule has 0 aromatic heterocycles. The first-order valence-electron chi connectivity index (χ1n) is 7.16. The molecule has 23 heavy (non-hydrogen) atoms. The highest BCUT2D eigenvalue weighted by molar-refractivity contribution is 14.1. The molecule has 5 heteroatoms. The van der Waals surface area contributed by atoms with E-state index in [1.54, 1.807) is 30.5 Å². The number of Topliss-reactive ketones (excluding diaryl/α,β-unsaturated/α-hetero) is 1. The zero-order chi connectivity index (χ0) is 16.2. The Morgan fingerprint density at radius 1 is 1.04 bits per heavy atom. The third kappa shape index (κ3) is 3.61. The van der Waals surface area contributed by atoms with E-state index in [1.165, 1.54) is 4.90 Å². The molecule has 0 bridgehead atoms. The van der Waals surface area contributed by atoms with E-state index in [0.29, 0.717) is 9.33 Å². The average molecular weight is 419 g/mol. The van der Waals surface area contributed by atoms with Crippen molar-refractivity contribution >= 4 is 34.5 Å². The lowest BCUT2D eigenvalue weighted by atomic mass is 9.98. The van der Waals surface area contributed by atoms with E-state index in [4.69, 9.17) is 4.74 Å². The van der Waals surface area contributed by atoms with E-state index in [1.807, 2.05) is 59.0 Å². The van der Waals surface area contributed by atoms with E-state index in [9.17, 15) is 9.59 Å². The van der Waals surface area contributed by atoms with Crippen molar-refractivity contribution in [1.29, 1.82) is 0 Å². The van der Waals surface area contributed by atoms with Crippen LogP contribution in [0.25, 0.3) is 0 Å². The summed E-state index contributed by atoms with van der Waals surface area (Å²) in [6.07, 6.45) is 1.32. The normalized spacial score (nSPS) is 17.6. The van der Waals surface area contributed by atoms with Gasteiger partial charge in [0.25, 0.3) is 0 Å². The summed E-state index contributed by atoms with van der Waals surface area (Å²) in [4.78, 5) is 26.1. The van der Waals surface area contributed by atoms with Crippen molar-refractivity contribution in [2.24, 2.45) is 0 Å². The van der Waals surface area contributed by atoms with Gasteiger partial charge in [0.15, 0.2) is 5.78 Å². The average Bonchev–Trinajstić information content (AvgIpc) is 2.58. The van der Waals surface area contributed by atoms with Crippen LogP contribution in [-0.4, -0.2) is 16.8 Å². The smallest absolute Gasteiger partial charge is 0.410 e. The zero-order valence-electron chi connectivity index (χ0n) is 12.2. The Morgan fingerprint density at radius 3 is 2.30 bits per heavy atom. The summed E-state index contributed by atoms with van der Waals surface area (Å²) >= 11 is 1.95. The lowest BCUT2D eigenvalue weighted by molar-refractivity contribution is -0.116. The SMILES string of the molecule is O=C1CC(c2ccccc2)N(C(=O)Oc2ccccc2)C=C1I. The zero-order valence-corrected chi connectivity index (χ0v) is 14.3. The van der Waals surface area contributed by atoms with E-state index >= 15 is 0 Å². The third-order valence-corrected chi connectivity index (χ3v) is 4.46. The van der Waals surface area contributed by atoms with Gasteiger partial charge in [-0.2, -0.15) is 0 Å². The highest BCUT2D eigenvalue weighted by Gasteiger charge is 2.32. The number of carbonyl (C=O) groups excluding carboxylic acids is 2. The van der Waals surface area contributed by atoms with E-state index in [2.05, 4.69) is 0 Å². The molecule has 1 atom stereocenters. The summed E-state index contributed by atoms with van der Waals surface area (Å²) in [5, 5.41) is 0. The number of carbonyl (C=O) groups is 2. The Morgan fingerprint density at radius 2 is 1.65 bits per heavy atom. The molecule has 0 saturated carbocycles. The molecular formula is C18H14INO3. The first-order valence-corrected chi connectivity index (χ1v) is 8.23. The molecule has 0 radical (unpaired) electrons. The summed E-state index contributed by atoms with van der Waals surface area (Å²) in [6.45, 7) is 0. The molecule has 2 aromatic rings. The molecule has 0 fully saturated rings. The van der Waals surface area contributed by atoms with Crippen LogP contribution in [0.3, 0.4) is 0 Å². The van der Waals surface area contributed by atoms with Crippen molar-refractivity contribution in [1.82, 2.24) is 4.90 Å². The second-order valence-corrected chi connectivity index (χ2v) is 6.28. The molecule has 3 rings (SSSR count). The van der Waals surface area contributed by atoms with Gasteiger partial charge < -0.3 is 4.74 Å². The molecule has 0 N–H and O–H groups in total. The number of rotatable bonds is 2. The van der Waals surface area contributed by atoms with E-state index < -0.39 is 6.09 Å². The fourth-order valence-electron chi connectivity index (χ4n) is 2.43. The number of benzene rings is 2. The molecule has 1 unspecified atom stereocenters. The first kappa shape index (κ1) is 15.7. The number of ether oxygens (including phenoxy) is 1. The summed E-state index contributed by atoms with van der Waals surface area (Å²) in [7, 11) is 0. The third-order valence-electron chi connectivity index (χ3n) is 3.58. The van der Waals surface area contributed by atoms with Gasteiger partial charge in [-0.15, -0.1) is 0 Å². The van der Waals surface area contributed by atoms with Gasteiger partial charge in [-0.25, -0.2) is 4.79 Å². The lowest BCUT2D eigenvalue weighted by Gasteiger charge is -2.31. The summed E-state index contributed by atoms with van der Waals surface area (Å²) in [5.74, 6) is 0.507. The highest BCUT2D eigenvalue weighted by atomic mass is 127. The minimum Gasteiger partial charge on any atom is -0.410 e. The molecule has 1 aliphatic rings. The second-order valence-electron chi connectivity index (χ2n) is 5.12. The van der Waals surface area contributed by atoms with Crippen LogP contribution in [0.2, 0.25) is 0 Å². The predicted octanol–water partition coefficient (Wildman–Crippen LogP) is 4.48. The minimum absolute atomic E-state index is 0.0308. The summed E-state index contributed by atoms with van der Waals surface area (Å²) in [6, 6.07) is 18.1. The van der Waals surface area contributed by atoms with Crippen LogP contribution in [0, 0.1) is 0 Å². The predicted molar refractivity (Wildman–Crippen MR) is 95.2 cm³/mol. The van der Waals surface area contributed by atoms with Crippen LogP contribution in [0.5, 0.6) is 5.75 Å². The minimum atomic E-state index is -0.494. The number of nitrogens with zero attached hydrogens (tertiary/aromatic N) is 1. The van der Waals surface area contributed by atoms with Crippen LogP contribution in [-0.2, 0) is 4.79 Å². The second kappa shape index (κ2) is 6.95. The highest BCUT2D eigenvalue weighted by Crippen LogP contribution is 2.33. The van der Waals surface area contributed by atoms with Gasteiger partial charge in [-0.1, -0.05) is 48.5 Å². The number of hydrogen-bond donors (Lipinski definition) is 0. The number of amides is 1. The Bertz CT molecular complexity index is 743. The van der Waals surface area contributed by atoms with Gasteiger partial charge in [0.05, 0.1) is 9.62 Å². The number of para-hydroxylation sites is 1. The Hall–Kier alpha value is -2.15. The lowest BCUT2D eigenvalue weighted by Crippen LogP contribution is -2.37. The molecule has 1 amide bonds. The maximum absolute atomic E-state index is 12.5. The van der Waals surface area contributed by atoms with Crippen LogP contribution >= 0.6 is 22.6 Å². The largest absolute Gasteiger partial charge is 0.419 e. The van der Waals surface area contributed by atoms with Gasteiger partial charge in [0, 0.05) is 12.6 Å². The molecule has 1 heterocycles. The topological polar surface area (TPSA) is 46.6 Å². The van der Waals surface area contributed by atoms with Crippen molar-refractivity contribution < 1.29 is 14.3 Å². The number of allylic oxidation sites excluding steroid dienone is 1. The Labute approximate surface area is 147 Å². The molecule has 4 nitrogen and oxygen atoms in total. The molecule has 0 saturated heterocycles. The molecular weight excluding hydrogens is 405 g/mol. The van der Waals surface area contributed by atoms with E-state index in [-0.39, 0.29) is 18.2 Å². The van der Waals surface area contributed by atoms with Crippen molar-refractivity contribution in [3.63, 3.8) is 0 Å². The van der Waals surface area contributed by atoms with Crippen molar-refractivity contribution in [3.05, 3.63) is 76.0 Å². The number of ketones is 1. The van der Waals surface area contributed by atoms with Gasteiger partial charge in [0.1, 0.15) is 5.75 Å². The van der Waals surface area contributed by atoms with Crippen LogP contribution < -0.4 is 4.74 Å². The molecule has 1 aliphatic heterocycles. The number of hydrogen-bond acceptors (Lipinski definition) is 3. The van der Waals surface area contributed by atoms with Crippen molar-refractivity contribution in [2.45, 2.75) is 12.5 Å². The van der Waals surface area contributed by atoms with Crippen molar-refractivity contribution in [2.75, 3.05) is 0 Å². The van der Waals surface area contributed by atoms with Gasteiger partial charge >= 0.3 is 6.09 Å². The van der Waals surface area contributed by atoms with E-state index in [0.717, 1.165) is 5.56 Å². The van der Waals surface area contributed by atoms with Gasteiger partial charge in [-0.3, -0.25) is 9.69 Å². The molecule has 116 valence electrons. The molecule has 0 spiro atoms. The summed E-state index contributed by atoms with van der Waals surface area (Å²) < 4.78 is 5.94. The fourth-order valence-corrected chi connectivity index (χ4v) is 2.95. The fraction of sp³-hybridized carbons (Fsp3) is 0.111. The monoisotopic (exact) mass is 419 g/mol. The number of halogens is 1. The Kier molecular flexibility index (Phi) is 4.76. The standard InChI is InChI=1S/C18H14INO3/c19-15-12-20(18(22)23-14-9-5-2-6-10-14)16(11-17(15)21)13-7-3-1-4-8-13/h1-10,12,16H,11H2. The van der Waals surface area contributed by atoms with Crippen LogP contribution in [0.15, 0.2) is 70.4 Å².